The van der Waals surface area contributed by atoms with E-state index in [2.05, 4.69) is 45.8 Å². The van der Waals surface area contributed by atoms with Crippen molar-refractivity contribution >= 4 is 29.0 Å². The molecule has 3 atom stereocenters. The SMILES string of the molecule is Cc1nnc(SCC2CC(c3ccc(CO)cc3)OC(c3ccc(-c4ccccc4CNC(=O)c4ccccc4)cc3)O2)s1. The number of hydrogen-bond acceptors (Lipinski definition) is 8. The summed E-state index contributed by atoms with van der Waals surface area (Å²) in [6.45, 7) is 2.38. The van der Waals surface area contributed by atoms with Crippen LogP contribution >= 0.6 is 23.1 Å². The summed E-state index contributed by atoms with van der Waals surface area (Å²) < 4.78 is 14.0. The van der Waals surface area contributed by atoms with Gasteiger partial charge in [0, 0.05) is 29.8 Å². The number of benzene rings is 4. The van der Waals surface area contributed by atoms with E-state index < -0.39 is 6.29 Å². The van der Waals surface area contributed by atoms with Gasteiger partial charge >= 0.3 is 0 Å². The summed E-state index contributed by atoms with van der Waals surface area (Å²) in [7, 11) is 0. The first-order chi connectivity index (χ1) is 21.6. The van der Waals surface area contributed by atoms with Crippen molar-refractivity contribution in [2.24, 2.45) is 0 Å². The molecule has 7 nitrogen and oxygen atoms in total. The molecule has 4 aromatic carbocycles. The standard InChI is InChI=1S/C35H33N3O4S2/c1-23-37-38-35(44-23)43-22-30-19-32(26-13-11-24(21-39)12-14-26)42-34(41-30)28-17-15-25(16-18-28)31-10-6-5-9-29(31)20-36-33(40)27-7-3-2-4-8-27/h2-18,30,32,34,39H,19-22H2,1H3,(H,36,40). The molecule has 0 radical (unpaired) electrons. The van der Waals surface area contributed by atoms with Crippen LogP contribution in [-0.4, -0.2) is 33.1 Å². The van der Waals surface area contributed by atoms with Crippen molar-refractivity contribution in [3.8, 4) is 11.1 Å². The third-order valence-corrected chi connectivity index (χ3v) is 9.61. The molecule has 1 aliphatic heterocycles. The van der Waals surface area contributed by atoms with Crippen LogP contribution in [0, 0.1) is 6.92 Å². The monoisotopic (exact) mass is 623 g/mol. The fourth-order valence-corrected chi connectivity index (χ4v) is 7.03. The lowest BCUT2D eigenvalue weighted by atomic mass is 9.97. The predicted octanol–water partition coefficient (Wildman–Crippen LogP) is 7.27. The number of nitrogens with zero attached hydrogens (tertiary/aromatic N) is 2. The molecule has 0 spiro atoms. The number of aromatic nitrogens is 2. The molecule has 9 heteroatoms. The lowest BCUT2D eigenvalue weighted by Gasteiger charge is -2.36. The molecule has 1 aliphatic rings. The second-order valence-electron chi connectivity index (χ2n) is 10.6. The number of aliphatic hydroxyl groups excluding tert-OH is 1. The van der Waals surface area contributed by atoms with Gasteiger partial charge in [0.15, 0.2) is 10.6 Å². The van der Waals surface area contributed by atoms with E-state index in [9.17, 15) is 9.90 Å². The highest BCUT2D eigenvalue weighted by Gasteiger charge is 2.32. The van der Waals surface area contributed by atoms with E-state index in [0.29, 0.717) is 18.5 Å². The van der Waals surface area contributed by atoms with Gasteiger partial charge in [-0.05, 0) is 46.9 Å². The average Bonchev–Trinajstić information content (AvgIpc) is 3.51. The summed E-state index contributed by atoms with van der Waals surface area (Å²) in [4.78, 5) is 12.6. The Morgan fingerprint density at radius 3 is 2.36 bits per heavy atom. The molecule has 2 heterocycles. The maximum atomic E-state index is 12.6. The van der Waals surface area contributed by atoms with E-state index in [4.69, 9.17) is 9.47 Å². The number of nitrogens with one attached hydrogen (secondary N) is 1. The third-order valence-electron chi connectivity index (χ3n) is 7.50. The predicted molar refractivity (Wildman–Crippen MR) is 173 cm³/mol. The summed E-state index contributed by atoms with van der Waals surface area (Å²) in [6.07, 6.45) is -0.0432. The van der Waals surface area contributed by atoms with Gasteiger partial charge in [-0.2, -0.15) is 0 Å². The van der Waals surface area contributed by atoms with E-state index in [1.165, 1.54) is 0 Å². The normalized spacial score (nSPS) is 18.2. The van der Waals surface area contributed by atoms with Crippen molar-refractivity contribution < 1.29 is 19.4 Å². The topological polar surface area (TPSA) is 93.6 Å². The molecular formula is C35H33N3O4S2. The average molecular weight is 624 g/mol. The Bertz CT molecular complexity index is 1680. The summed E-state index contributed by atoms with van der Waals surface area (Å²) in [6, 6.07) is 33.5. The number of hydrogen-bond donors (Lipinski definition) is 2. The number of thioether (sulfide) groups is 1. The number of aryl methyl sites for hydroxylation is 1. The highest BCUT2D eigenvalue weighted by Crippen LogP contribution is 2.40. The van der Waals surface area contributed by atoms with Crippen LogP contribution in [0.5, 0.6) is 0 Å². The van der Waals surface area contributed by atoms with Crippen molar-refractivity contribution in [2.45, 2.75) is 49.3 Å². The number of carbonyl (C=O) groups is 1. The molecule has 3 unspecified atom stereocenters. The van der Waals surface area contributed by atoms with Gasteiger partial charge in [0.05, 0.1) is 18.8 Å². The summed E-state index contributed by atoms with van der Waals surface area (Å²) in [5, 5.41) is 21.9. The molecule has 1 fully saturated rings. The van der Waals surface area contributed by atoms with Gasteiger partial charge in [0.2, 0.25) is 0 Å². The van der Waals surface area contributed by atoms with Crippen LogP contribution in [0.25, 0.3) is 11.1 Å². The van der Waals surface area contributed by atoms with E-state index in [0.717, 1.165) is 48.5 Å². The Morgan fingerprint density at radius 2 is 1.64 bits per heavy atom. The Hall–Kier alpha value is -3.86. The van der Waals surface area contributed by atoms with Crippen molar-refractivity contribution in [2.75, 3.05) is 5.75 Å². The molecule has 1 amide bonds. The largest absolute Gasteiger partial charge is 0.392 e. The number of aliphatic hydroxyl groups is 1. The zero-order valence-electron chi connectivity index (χ0n) is 24.3. The lowest BCUT2D eigenvalue weighted by molar-refractivity contribution is -0.245. The molecular weight excluding hydrogens is 591 g/mol. The van der Waals surface area contributed by atoms with Crippen LogP contribution in [0.1, 0.15) is 56.4 Å². The number of carbonyl (C=O) groups excluding carboxylic acids is 1. The first kappa shape index (κ1) is 30.2. The van der Waals surface area contributed by atoms with Crippen LogP contribution in [0.15, 0.2) is 107 Å². The fourth-order valence-electron chi connectivity index (χ4n) is 5.17. The molecule has 44 heavy (non-hydrogen) atoms. The van der Waals surface area contributed by atoms with Crippen LogP contribution < -0.4 is 5.32 Å². The summed E-state index contributed by atoms with van der Waals surface area (Å²) in [5.74, 6) is 0.636. The van der Waals surface area contributed by atoms with Gasteiger partial charge in [0.1, 0.15) is 5.01 Å². The minimum absolute atomic E-state index is 0.00689. The molecule has 1 saturated heterocycles. The van der Waals surface area contributed by atoms with Crippen LogP contribution in [0.2, 0.25) is 0 Å². The Kier molecular flexibility index (Phi) is 9.80. The molecule has 1 aromatic heterocycles. The maximum absolute atomic E-state index is 12.6. The van der Waals surface area contributed by atoms with E-state index >= 15 is 0 Å². The first-order valence-electron chi connectivity index (χ1n) is 14.5. The van der Waals surface area contributed by atoms with E-state index in [1.807, 2.05) is 79.7 Å². The number of rotatable bonds is 10. The molecule has 0 aliphatic carbocycles. The van der Waals surface area contributed by atoms with Crippen molar-refractivity contribution in [3.63, 3.8) is 0 Å². The second kappa shape index (κ2) is 14.3. The molecule has 0 saturated carbocycles. The third kappa shape index (κ3) is 7.43. The van der Waals surface area contributed by atoms with Gasteiger partial charge in [-0.25, -0.2) is 0 Å². The molecule has 224 valence electrons. The van der Waals surface area contributed by atoms with Crippen molar-refractivity contribution in [1.29, 1.82) is 0 Å². The minimum Gasteiger partial charge on any atom is -0.392 e. The number of amides is 1. The van der Waals surface area contributed by atoms with E-state index in [1.54, 1.807) is 23.1 Å². The minimum atomic E-state index is -0.539. The molecule has 0 bridgehead atoms. The fraction of sp³-hybridized carbons (Fsp3) is 0.229. The highest BCUT2D eigenvalue weighted by molar-refractivity contribution is 8.01. The molecule has 5 aromatic rings. The summed E-state index contributed by atoms with van der Waals surface area (Å²) >= 11 is 3.24. The van der Waals surface area contributed by atoms with Gasteiger partial charge in [-0.3, -0.25) is 4.79 Å². The Morgan fingerprint density at radius 1 is 0.909 bits per heavy atom. The maximum Gasteiger partial charge on any atom is 0.251 e. The smallest absolute Gasteiger partial charge is 0.251 e. The van der Waals surface area contributed by atoms with Gasteiger partial charge in [0.25, 0.3) is 5.91 Å². The number of ether oxygens (including phenoxy) is 2. The van der Waals surface area contributed by atoms with Gasteiger partial charge in [-0.1, -0.05) is 114 Å². The zero-order chi connectivity index (χ0) is 30.3. The second-order valence-corrected chi connectivity index (χ2v) is 13.0. The van der Waals surface area contributed by atoms with Gasteiger partial charge < -0.3 is 19.9 Å². The van der Waals surface area contributed by atoms with Crippen LogP contribution in [-0.2, 0) is 22.6 Å². The quantitative estimate of drug-likeness (QED) is 0.158. The van der Waals surface area contributed by atoms with E-state index in [-0.39, 0.29) is 24.7 Å². The lowest BCUT2D eigenvalue weighted by Crippen LogP contribution is -2.31. The Labute approximate surface area is 265 Å². The first-order valence-corrected chi connectivity index (χ1v) is 16.3. The van der Waals surface area contributed by atoms with Crippen LogP contribution in [0.4, 0.5) is 0 Å². The van der Waals surface area contributed by atoms with Crippen LogP contribution in [0.3, 0.4) is 0 Å². The molecule has 2 N–H and O–H groups in total. The Balaban J connectivity index is 1.18. The van der Waals surface area contributed by atoms with Gasteiger partial charge in [-0.15, -0.1) is 10.2 Å². The van der Waals surface area contributed by atoms with Crippen molar-refractivity contribution in [1.82, 2.24) is 15.5 Å². The zero-order valence-corrected chi connectivity index (χ0v) is 25.9. The summed E-state index contributed by atoms with van der Waals surface area (Å²) in [5.41, 5.74) is 6.63. The molecule has 6 rings (SSSR count). The van der Waals surface area contributed by atoms with Crippen molar-refractivity contribution in [3.05, 3.63) is 136 Å². The highest BCUT2D eigenvalue weighted by atomic mass is 32.2.